The number of aryl methyl sites for hydroxylation is 1. The first-order valence-corrected chi connectivity index (χ1v) is 4.90. The second-order valence-corrected chi connectivity index (χ2v) is 3.72. The monoisotopic (exact) mass is 262 g/mol. The van der Waals surface area contributed by atoms with Crippen LogP contribution < -0.4 is 0 Å². The van der Waals surface area contributed by atoms with Crippen molar-refractivity contribution < 1.29 is 33.0 Å². The van der Waals surface area contributed by atoms with Crippen LogP contribution in [0.1, 0.15) is 21.5 Å². The van der Waals surface area contributed by atoms with E-state index in [4.69, 9.17) is 10.3 Å². The number of alkyl halides is 3. The zero-order chi connectivity index (χ0) is 13.9. The lowest BCUT2D eigenvalue weighted by Crippen LogP contribution is -2.25. The molecule has 0 saturated carbocycles. The molecule has 0 aliphatic rings. The van der Waals surface area contributed by atoms with Crippen LogP contribution in [-0.4, -0.2) is 40.0 Å². The molecule has 98 valence electrons. The Kier molecular flexibility index (Phi) is 3.95. The molecule has 7 heteroatoms. The van der Waals surface area contributed by atoms with Gasteiger partial charge in [0.15, 0.2) is 0 Å². The number of hydrogen-bond donors (Lipinski definition) is 2. The van der Waals surface area contributed by atoms with Crippen LogP contribution in [0.25, 0.3) is 0 Å². The molecular formula is C11H11F3NO3+. The molecule has 0 spiro atoms. The molecule has 0 aliphatic carbocycles. The summed E-state index contributed by atoms with van der Waals surface area (Å²) in [5.41, 5.74) is 0.744. The second-order valence-electron chi connectivity index (χ2n) is 3.72. The Hall–Kier alpha value is -2.05. The SMILES string of the molecule is Cc1cc(C=[N+](O)CC(F)(F)F)ccc1C(=O)O. The highest BCUT2D eigenvalue weighted by Gasteiger charge is 2.35. The zero-order valence-electron chi connectivity index (χ0n) is 9.40. The first kappa shape index (κ1) is 14.0. The van der Waals surface area contributed by atoms with E-state index in [0.717, 1.165) is 6.21 Å². The van der Waals surface area contributed by atoms with E-state index in [0.29, 0.717) is 5.56 Å². The molecule has 0 aromatic heterocycles. The summed E-state index contributed by atoms with van der Waals surface area (Å²) in [5, 5.41) is 17.8. The standard InChI is InChI=1S/C11H10F3NO3/c1-7-4-8(2-3-9(7)10(16)17)5-15(18)6-11(12,13)14/h2-5H,6H2,1H3,(H-,16,17,18)/p+1. The number of hydroxylamine groups is 1. The lowest BCUT2D eigenvalue weighted by molar-refractivity contribution is -0.783. The molecule has 0 fully saturated rings. The van der Waals surface area contributed by atoms with Crippen molar-refractivity contribution >= 4 is 12.2 Å². The van der Waals surface area contributed by atoms with Crippen LogP contribution in [0.4, 0.5) is 13.2 Å². The van der Waals surface area contributed by atoms with E-state index in [-0.39, 0.29) is 15.9 Å². The Bertz CT molecular complexity index is 495. The van der Waals surface area contributed by atoms with Gasteiger partial charge in [-0.3, -0.25) is 5.21 Å². The van der Waals surface area contributed by atoms with Gasteiger partial charge in [0.05, 0.1) is 5.56 Å². The van der Waals surface area contributed by atoms with E-state index < -0.39 is 18.7 Å². The van der Waals surface area contributed by atoms with Crippen molar-refractivity contribution in [3.05, 3.63) is 34.9 Å². The molecule has 0 radical (unpaired) electrons. The van der Waals surface area contributed by atoms with Gasteiger partial charge in [-0.05, 0) is 35.4 Å². The molecule has 1 aromatic rings. The van der Waals surface area contributed by atoms with E-state index in [1.165, 1.54) is 25.1 Å². The van der Waals surface area contributed by atoms with Crippen molar-refractivity contribution in [2.45, 2.75) is 13.1 Å². The Balaban J connectivity index is 2.96. The fraction of sp³-hybridized carbons (Fsp3) is 0.273. The maximum atomic E-state index is 12.0. The van der Waals surface area contributed by atoms with Crippen molar-refractivity contribution in [3.8, 4) is 0 Å². The number of carboxylic acids is 1. The van der Waals surface area contributed by atoms with E-state index in [1.807, 2.05) is 0 Å². The molecule has 18 heavy (non-hydrogen) atoms. The average molecular weight is 262 g/mol. The first-order valence-electron chi connectivity index (χ1n) is 4.90. The number of carboxylic acid groups (broad SMARTS) is 1. The van der Waals surface area contributed by atoms with Crippen molar-refractivity contribution in [1.82, 2.24) is 0 Å². The molecule has 0 unspecified atom stereocenters. The third kappa shape index (κ3) is 4.08. The summed E-state index contributed by atoms with van der Waals surface area (Å²) in [7, 11) is 0. The summed E-state index contributed by atoms with van der Waals surface area (Å²) >= 11 is 0. The third-order valence-corrected chi connectivity index (χ3v) is 2.12. The molecule has 0 heterocycles. The number of aromatic carboxylic acids is 1. The summed E-state index contributed by atoms with van der Waals surface area (Å²) in [6.07, 6.45) is -3.63. The minimum absolute atomic E-state index is 0.00914. The van der Waals surface area contributed by atoms with Gasteiger partial charge >= 0.3 is 12.1 Å². The fourth-order valence-electron chi connectivity index (χ4n) is 1.41. The molecule has 0 bridgehead atoms. The Morgan fingerprint density at radius 3 is 2.50 bits per heavy atom. The highest BCUT2D eigenvalue weighted by molar-refractivity contribution is 5.90. The Morgan fingerprint density at radius 1 is 1.44 bits per heavy atom. The van der Waals surface area contributed by atoms with Gasteiger partial charge in [0.2, 0.25) is 6.21 Å². The van der Waals surface area contributed by atoms with Crippen LogP contribution in [-0.2, 0) is 0 Å². The van der Waals surface area contributed by atoms with Crippen molar-refractivity contribution in [2.24, 2.45) is 0 Å². The fourth-order valence-corrected chi connectivity index (χ4v) is 1.41. The minimum Gasteiger partial charge on any atom is -0.478 e. The molecule has 1 rings (SSSR count). The summed E-state index contributed by atoms with van der Waals surface area (Å²) < 4.78 is 35.9. The average Bonchev–Trinajstić information content (AvgIpc) is 2.13. The molecule has 0 atom stereocenters. The number of hydrogen-bond acceptors (Lipinski definition) is 2. The molecule has 0 saturated heterocycles. The Morgan fingerprint density at radius 2 is 2.06 bits per heavy atom. The molecule has 2 N–H and O–H groups in total. The Labute approximate surface area is 101 Å². The number of rotatable bonds is 3. The number of carbonyl (C=O) groups is 1. The molecule has 4 nitrogen and oxygen atoms in total. The summed E-state index contributed by atoms with van der Waals surface area (Å²) in [6.45, 7) is 0.0268. The smallest absolute Gasteiger partial charge is 0.453 e. The maximum Gasteiger partial charge on any atom is 0.453 e. The number of nitrogens with zero attached hydrogens (tertiary/aromatic N) is 1. The van der Waals surface area contributed by atoms with Crippen LogP contribution in [0.5, 0.6) is 0 Å². The maximum absolute atomic E-state index is 12.0. The van der Waals surface area contributed by atoms with Crippen LogP contribution >= 0.6 is 0 Å². The molecular weight excluding hydrogens is 251 g/mol. The van der Waals surface area contributed by atoms with Gasteiger partial charge < -0.3 is 5.11 Å². The van der Waals surface area contributed by atoms with Gasteiger partial charge in [0, 0.05) is 5.56 Å². The first-order chi connectivity index (χ1) is 8.19. The van der Waals surface area contributed by atoms with Crippen LogP contribution in [0.15, 0.2) is 18.2 Å². The lowest BCUT2D eigenvalue weighted by Gasteiger charge is -2.02. The van der Waals surface area contributed by atoms with Gasteiger partial charge in [0.1, 0.15) is 0 Å². The van der Waals surface area contributed by atoms with E-state index in [2.05, 4.69) is 0 Å². The van der Waals surface area contributed by atoms with Gasteiger partial charge in [-0.15, -0.1) is 0 Å². The highest BCUT2D eigenvalue weighted by atomic mass is 19.4. The van der Waals surface area contributed by atoms with Crippen LogP contribution in [0.3, 0.4) is 0 Å². The summed E-state index contributed by atoms with van der Waals surface area (Å²) in [5.74, 6) is -1.12. The van der Waals surface area contributed by atoms with Gasteiger partial charge in [-0.2, -0.15) is 13.2 Å². The third-order valence-electron chi connectivity index (χ3n) is 2.12. The molecule has 0 amide bonds. The normalized spacial score (nSPS) is 12.6. The number of benzene rings is 1. The van der Waals surface area contributed by atoms with Gasteiger partial charge in [-0.1, -0.05) is 0 Å². The molecule has 1 aromatic carbocycles. The van der Waals surface area contributed by atoms with Crippen molar-refractivity contribution in [3.63, 3.8) is 0 Å². The van der Waals surface area contributed by atoms with E-state index in [1.54, 1.807) is 0 Å². The second kappa shape index (κ2) is 5.07. The predicted molar refractivity (Wildman–Crippen MR) is 56.3 cm³/mol. The van der Waals surface area contributed by atoms with Crippen molar-refractivity contribution in [2.75, 3.05) is 6.54 Å². The lowest BCUT2D eigenvalue weighted by atomic mass is 10.1. The van der Waals surface area contributed by atoms with Crippen LogP contribution in [0, 0.1) is 6.92 Å². The largest absolute Gasteiger partial charge is 0.478 e. The number of halogens is 3. The summed E-state index contributed by atoms with van der Waals surface area (Å²) in [6, 6.07) is 3.96. The van der Waals surface area contributed by atoms with E-state index in [9.17, 15) is 18.0 Å². The zero-order valence-corrected chi connectivity index (χ0v) is 9.40. The van der Waals surface area contributed by atoms with E-state index >= 15 is 0 Å². The predicted octanol–water partition coefficient (Wildman–Crippen LogP) is 2.08. The van der Waals surface area contributed by atoms with Gasteiger partial charge in [0.25, 0.3) is 6.54 Å². The van der Waals surface area contributed by atoms with Crippen molar-refractivity contribution in [1.29, 1.82) is 0 Å². The summed E-state index contributed by atoms with van der Waals surface area (Å²) in [4.78, 5) is 10.7. The van der Waals surface area contributed by atoms with Gasteiger partial charge in [-0.25, -0.2) is 4.79 Å². The highest BCUT2D eigenvalue weighted by Crippen LogP contribution is 2.14. The van der Waals surface area contributed by atoms with Crippen LogP contribution in [0.2, 0.25) is 0 Å². The minimum atomic E-state index is -4.51. The molecule has 0 aliphatic heterocycles. The quantitative estimate of drug-likeness (QED) is 0.379. The topological polar surface area (TPSA) is 60.5 Å².